The first-order valence-electron chi connectivity index (χ1n) is 3.90. The zero-order chi connectivity index (χ0) is 8.55. The summed E-state index contributed by atoms with van der Waals surface area (Å²) in [5.74, 6) is 1.74. The molecule has 0 amide bonds. The second-order valence-electron chi connectivity index (χ2n) is 2.62. The largest absolute Gasteiger partial charge is 0.453 e. The minimum Gasteiger partial charge on any atom is -0.453 e. The van der Waals surface area contributed by atoms with Crippen molar-refractivity contribution >= 4 is 15.9 Å². The summed E-state index contributed by atoms with van der Waals surface area (Å²) in [4.78, 5) is 0. The Kier molecular flexibility index (Phi) is 1.97. The van der Waals surface area contributed by atoms with Gasteiger partial charge in [0.15, 0.2) is 11.5 Å². The first-order chi connectivity index (χ1) is 5.83. The van der Waals surface area contributed by atoms with Crippen LogP contribution in [0.15, 0.2) is 16.6 Å². The van der Waals surface area contributed by atoms with Gasteiger partial charge in [-0.1, -0.05) is 13.0 Å². The number of rotatable bonds is 1. The summed E-state index contributed by atoms with van der Waals surface area (Å²) < 4.78 is 11.6. The van der Waals surface area contributed by atoms with Gasteiger partial charge in [0, 0.05) is 0 Å². The van der Waals surface area contributed by atoms with Gasteiger partial charge in [-0.05, 0) is 34.0 Å². The van der Waals surface area contributed by atoms with Crippen LogP contribution in [-0.2, 0) is 6.42 Å². The van der Waals surface area contributed by atoms with E-state index < -0.39 is 0 Å². The summed E-state index contributed by atoms with van der Waals surface area (Å²) in [5, 5.41) is 0. The lowest BCUT2D eigenvalue weighted by Gasteiger charge is -2.03. The van der Waals surface area contributed by atoms with Crippen LogP contribution in [0.4, 0.5) is 0 Å². The molecule has 1 heterocycles. The lowest BCUT2D eigenvalue weighted by molar-refractivity contribution is 0.173. The maximum Gasteiger partial charge on any atom is 0.231 e. The van der Waals surface area contributed by atoms with Crippen LogP contribution in [-0.4, -0.2) is 6.79 Å². The van der Waals surface area contributed by atoms with Gasteiger partial charge < -0.3 is 9.47 Å². The molecular formula is C9H9BrO2. The highest BCUT2D eigenvalue weighted by molar-refractivity contribution is 9.10. The Morgan fingerprint density at radius 3 is 2.83 bits per heavy atom. The molecule has 0 aliphatic carbocycles. The topological polar surface area (TPSA) is 18.5 Å². The summed E-state index contributed by atoms with van der Waals surface area (Å²) in [6.07, 6.45) is 0.971. The smallest absolute Gasteiger partial charge is 0.231 e. The van der Waals surface area contributed by atoms with Crippen LogP contribution in [0.25, 0.3) is 0 Å². The first-order valence-corrected chi connectivity index (χ1v) is 4.69. The maximum atomic E-state index is 5.35. The molecule has 0 N–H and O–H groups in total. The van der Waals surface area contributed by atoms with E-state index in [2.05, 4.69) is 28.9 Å². The van der Waals surface area contributed by atoms with Crippen molar-refractivity contribution in [3.8, 4) is 11.5 Å². The molecule has 64 valence electrons. The normalized spacial score (nSPS) is 13.5. The molecule has 1 aliphatic heterocycles. The number of halogens is 1. The Hall–Kier alpha value is -0.700. The van der Waals surface area contributed by atoms with Crippen LogP contribution < -0.4 is 9.47 Å². The molecule has 0 atom stereocenters. The second-order valence-corrected chi connectivity index (χ2v) is 3.48. The number of fused-ring (bicyclic) bond motifs is 1. The highest BCUT2D eigenvalue weighted by Crippen LogP contribution is 2.41. The van der Waals surface area contributed by atoms with E-state index >= 15 is 0 Å². The maximum absolute atomic E-state index is 5.35. The van der Waals surface area contributed by atoms with Crippen molar-refractivity contribution in [3.05, 3.63) is 22.2 Å². The monoisotopic (exact) mass is 228 g/mol. The van der Waals surface area contributed by atoms with Gasteiger partial charge in [0.25, 0.3) is 0 Å². The molecule has 1 aliphatic rings. The lowest BCUT2D eigenvalue weighted by Crippen LogP contribution is -1.94. The molecule has 2 nitrogen and oxygen atoms in total. The fourth-order valence-electron chi connectivity index (χ4n) is 1.30. The minimum absolute atomic E-state index is 0.338. The number of hydrogen-bond donors (Lipinski definition) is 0. The number of ether oxygens (including phenoxy) is 2. The van der Waals surface area contributed by atoms with E-state index in [9.17, 15) is 0 Å². The third-order valence-corrected chi connectivity index (χ3v) is 2.56. The minimum atomic E-state index is 0.338. The number of aryl methyl sites for hydroxylation is 1. The molecule has 0 unspecified atom stereocenters. The van der Waals surface area contributed by atoms with Crippen LogP contribution >= 0.6 is 15.9 Å². The van der Waals surface area contributed by atoms with E-state index in [4.69, 9.17) is 9.47 Å². The molecule has 0 saturated carbocycles. The average Bonchev–Trinajstić information content (AvgIpc) is 2.54. The molecule has 1 aromatic rings. The van der Waals surface area contributed by atoms with E-state index in [1.807, 2.05) is 6.07 Å². The van der Waals surface area contributed by atoms with Gasteiger partial charge in [-0.25, -0.2) is 0 Å². The lowest BCUT2D eigenvalue weighted by atomic mass is 10.1. The van der Waals surface area contributed by atoms with Crippen molar-refractivity contribution in [1.29, 1.82) is 0 Å². The Balaban J connectivity index is 2.57. The molecule has 0 spiro atoms. The summed E-state index contributed by atoms with van der Waals surface area (Å²) in [6, 6.07) is 4.05. The van der Waals surface area contributed by atoms with E-state index in [-0.39, 0.29) is 0 Å². The number of hydrogen-bond acceptors (Lipinski definition) is 2. The van der Waals surface area contributed by atoms with Crippen molar-refractivity contribution in [2.75, 3.05) is 6.79 Å². The van der Waals surface area contributed by atoms with E-state index in [0.29, 0.717) is 6.79 Å². The molecule has 12 heavy (non-hydrogen) atoms. The summed E-state index contributed by atoms with van der Waals surface area (Å²) in [6.45, 7) is 2.44. The van der Waals surface area contributed by atoms with Crippen molar-refractivity contribution in [1.82, 2.24) is 0 Å². The summed E-state index contributed by atoms with van der Waals surface area (Å²) in [7, 11) is 0. The first kappa shape index (κ1) is 7.92. The third kappa shape index (κ3) is 1.08. The average molecular weight is 229 g/mol. The summed E-state index contributed by atoms with van der Waals surface area (Å²) >= 11 is 3.41. The highest BCUT2D eigenvalue weighted by atomic mass is 79.9. The van der Waals surface area contributed by atoms with Crippen LogP contribution in [0.1, 0.15) is 12.5 Å². The Morgan fingerprint density at radius 2 is 2.08 bits per heavy atom. The SMILES string of the molecule is CCc1ccc(Br)c2c1OCO2. The Morgan fingerprint density at radius 1 is 1.33 bits per heavy atom. The second kappa shape index (κ2) is 2.98. The van der Waals surface area contributed by atoms with Gasteiger partial charge in [-0.2, -0.15) is 0 Å². The molecule has 0 bridgehead atoms. The van der Waals surface area contributed by atoms with Crippen molar-refractivity contribution < 1.29 is 9.47 Å². The molecule has 2 rings (SSSR count). The van der Waals surface area contributed by atoms with E-state index in [1.165, 1.54) is 5.56 Å². The molecule has 0 aromatic heterocycles. The summed E-state index contributed by atoms with van der Waals surface area (Å²) in [5.41, 5.74) is 1.20. The van der Waals surface area contributed by atoms with Crippen LogP contribution in [0, 0.1) is 0 Å². The molecule has 0 saturated heterocycles. The fourth-order valence-corrected chi connectivity index (χ4v) is 1.72. The molecular weight excluding hydrogens is 220 g/mol. The number of benzene rings is 1. The van der Waals surface area contributed by atoms with Crippen molar-refractivity contribution in [2.45, 2.75) is 13.3 Å². The van der Waals surface area contributed by atoms with Gasteiger partial charge in [0.1, 0.15) is 0 Å². The van der Waals surface area contributed by atoms with Gasteiger partial charge in [-0.3, -0.25) is 0 Å². The van der Waals surface area contributed by atoms with Crippen LogP contribution in [0.5, 0.6) is 11.5 Å². The van der Waals surface area contributed by atoms with Crippen molar-refractivity contribution in [3.63, 3.8) is 0 Å². The van der Waals surface area contributed by atoms with Gasteiger partial charge in [0.05, 0.1) is 4.47 Å². The Labute approximate surface area is 79.6 Å². The van der Waals surface area contributed by atoms with E-state index in [1.54, 1.807) is 0 Å². The van der Waals surface area contributed by atoms with Gasteiger partial charge in [0.2, 0.25) is 6.79 Å². The Bertz CT molecular complexity index is 310. The zero-order valence-corrected chi connectivity index (χ0v) is 8.35. The highest BCUT2D eigenvalue weighted by Gasteiger charge is 2.19. The predicted molar refractivity (Wildman–Crippen MR) is 49.6 cm³/mol. The standard InChI is InChI=1S/C9H9BrO2/c1-2-6-3-4-7(10)9-8(6)11-5-12-9/h3-4H,2,5H2,1H3. The predicted octanol–water partition coefficient (Wildman–Crippen LogP) is 2.74. The molecule has 1 aromatic carbocycles. The molecule has 0 fully saturated rings. The van der Waals surface area contributed by atoms with Crippen molar-refractivity contribution in [2.24, 2.45) is 0 Å². The van der Waals surface area contributed by atoms with Gasteiger partial charge in [-0.15, -0.1) is 0 Å². The molecule has 3 heteroatoms. The van der Waals surface area contributed by atoms with Gasteiger partial charge >= 0.3 is 0 Å². The van der Waals surface area contributed by atoms with Crippen LogP contribution in [0.2, 0.25) is 0 Å². The zero-order valence-electron chi connectivity index (χ0n) is 6.76. The van der Waals surface area contributed by atoms with E-state index in [0.717, 1.165) is 22.4 Å². The fraction of sp³-hybridized carbons (Fsp3) is 0.333. The molecule has 0 radical (unpaired) electrons. The van der Waals surface area contributed by atoms with Crippen LogP contribution in [0.3, 0.4) is 0 Å². The quantitative estimate of drug-likeness (QED) is 0.737. The third-order valence-electron chi connectivity index (χ3n) is 1.93.